The number of benzene rings is 7. The third kappa shape index (κ3) is 3.66. The first-order valence-electron chi connectivity index (χ1n) is 15.8. The summed E-state index contributed by atoms with van der Waals surface area (Å²) < 4.78 is 7.27. The average molecular weight is 616 g/mol. The molecule has 218 valence electrons. The van der Waals surface area contributed by atoms with Crippen LogP contribution in [0.4, 0.5) is 0 Å². The van der Waals surface area contributed by atoms with Crippen LogP contribution in [0.25, 0.3) is 86.3 Å². The van der Waals surface area contributed by atoms with E-state index in [2.05, 4.69) is 155 Å². The van der Waals surface area contributed by atoms with Crippen molar-refractivity contribution < 1.29 is 0 Å². The van der Waals surface area contributed by atoms with Crippen molar-refractivity contribution in [3.05, 3.63) is 157 Å². The van der Waals surface area contributed by atoms with Crippen molar-refractivity contribution in [3.63, 3.8) is 0 Å². The van der Waals surface area contributed by atoms with Gasteiger partial charge in [-0.15, -0.1) is 11.3 Å². The molecule has 3 nitrogen and oxygen atoms in total. The predicted octanol–water partition coefficient (Wildman–Crippen LogP) is 11.8. The SMILES string of the molecule is N#Cc1ccc(-c2cccc3c2sc2c3ccc3c4ccccc4n(-c4ccccc4)c32)c(-n2c3ccccc3c3ccccc32)c1. The molecule has 0 bridgehead atoms. The molecule has 0 fully saturated rings. The monoisotopic (exact) mass is 615 g/mol. The minimum absolute atomic E-state index is 0.642. The number of hydrogen-bond donors (Lipinski definition) is 0. The van der Waals surface area contributed by atoms with Crippen molar-refractivity contribution >= 4 is 75.1 Å². The van der Waals surface area contributed by atoms with Gasteiger partial charge in [0.1, 0.15) is 0 Å². The zero-order chi connectivity index (χ0) is 31.1. The molecule has 0 amide bonds. The molecule has 0 radical (unpaired) electrons. The van der Waals surface area contributed by atoms with Crippen LogP contribution in [0.2, 0.25) is 0 Å². The van der Waals surface area contributed by atoms with E-state index in [-0.39, 0.29) is 0 Å². The van der Waals surface area contributed by atoms with Gasteiger partial charge in [-0.3, -0.25) is 0 Å². The molecule has 0 saturated carbocycles. The first-order valence-corrected chi connectivity index (χ1v) is 16.6. The highest BCUT2D eigenvalue weighted by Crippen LogP contribution is 2.47. The fourth-order valence-corrected chi connectivity index (χ4v) is 8.92. The molecule has 4 heteroatoms. The highest BCUT2D eigenvalue weighted by atomic mass is 32.1. The van der Waals surface area contributed by atoms with Crippen LogP contribution in [0.15, 0.2) is 152 Å². The van der Waals surface area contributed by atoms with Gasteiger partial charge in [0.05, 0.1) is 44.1 Å². The summed E-state index contributed by atoms with van der Waals surface area (Å²) in [5, 5.41) is 17.5. The lowest BCUT2D eigenvalue weighted by Crippen LogP contribution is -1.98. The Morgan fingerprint density at radius 3 is 1.72 bits per heavy atom. The minimum atomic E-state index is 0.642. The minimum Gasteiger partial charge on any atom is -0.309 e. The van der Waals surface area contributed by atoms with Crippen LogP contribution in [-0.2, 0) is 0 Å². The van der Waals surface area contributed by atoms with Crippen molar-refractivity contribution in [2.75, 3.05) is 0 Å². The van der Waals surface area contributed by atoms with Crippen LogP contribution in [0.5, 0.6) is 0 Å². The Morgan fingerprint density at radius 2 is 1.02 bits per heavy atom. The Balaban J connectivity index is 1.32. The maximum absolute atomic E-state index is 10.0. The molecule has 3 heterocycles. The van der Waals surface area contributed by atoms with Gasteiger partial charge in [-0.2, -0.15) is 5.26 Å². The summed E-state index contributed by atoms with van der Waals surface area (Å²) in [5.74, 6) is 0. The smallest absolute Gasteiger partial charge is 0.0992 e. The third-order valence-electron chi connectivity index (χ3n) is 9.55. The molecular formula is C43H25N3S. The quantitative estimate of drug-likeness (QED) is 0.195. The number of nitrogens with zero attached hydrogens (tertiary/aromatic N) is 3. The molecule has 7 aromatic carbocycles. The second-order valence-corrected chi connectivity index (χ2v) is 13.0. The Morgan fingerprint density at radius 1 is 0.447 bits per heavy atom. The van der Waals surface area contributed by atoms with Crippen molar-refractivity contribution in [1.29, 1.82) is 5.26 Å². The van der Waals surface area contributed by atoms with Crippen LogP contribution < -0.4 is 0 Å². The highest BCUT2D eigenvalue weighted by molar-refractivity contribution is 7.27. The molecule has 0 spiro atoms. The molecule has 0 aliphatic heterocycles. The summed E-state index contributed by atoms with van der Waals surface area (Å²) in [7, 11) is 0. The van der Waals surface area contributed by atoms with E-state index in [0.717, 1.165) is 28.0 Å². The van der Waals surface area contributed by atoms with E-state index in [9.17, 15) is 5.26 Å². The number of nitriles is 1. The Bertz CT molecular complexity index is 2860. The van der Waals surface area contributed by atoms with E-state index in [1.807, 2.05) is 23.5 Å². The number of para-hydroxylation sites is 4. The lowest BCUT2D eigenvalue weighted by molar-refractivity contribution is 1.18. The van der Waals surface area contributed by atoms with Gasteiger partial charge >= 0.3 is 0 Å². The average Bonchev–Trinajstić information content (AvgIpc) is 3.80. The maximum Gasteiger partial charge on any atom is 0.0992 e. The van der Waals surface area contributed by atoms with Crippen LogP contribution in [0.3, 0.4) is 0 Å². The number of rotatable bonds is 3. The van der Waals surface area contributed by atoms with Gasteiger partial charge in [0.25, 0.3) is 0 Å². The van der Waals surface area contributed by atoms with Crippen LogP contribution in [0.1, 0.15) is 5.56 Å². The van der Waals surface area contributed by atoms with Gasteiger partial charge in [-0.1, -0.05) is 109 Å². The van der Waals surface area contributed by atoms with Crippen molar-refractivity contribution in [2.24, 2.45) is 0 Å². The second kappa shape index (κ2) is 9.92. The lowest BCUT2D eigenvalue weighted by Gasteiger charge is -2.15. The molecule has 0 aliphatic rings. The van der Waals surface area contributed by atoms with Gasteiger partial charge in [0.2, 0.25) is 0 Å². The summed E-state index contributed by atoms with van der Waals surface area (Å²) >= 11 is 1.86. The van der Waals surface area contributed by atoms with E-state index >= 15 is 0 Å². The first-order chi connectivity index (χ1) is 23.3. The lowest BCUT2D eigenvalue weighted by atomic mass is 9.99. The van der Waals surface area contributed by atoms with E-state index < -0.39 is 0 Å². The third-order valence-corrected chi connectivity index (χ3v) is 10.8. The van der Waals surface area contributed by atoms with E-state index in [1.54, 1.807) is 0 Å². The predicted molar refractivity (Wildman–Crippen MR) is 198 cm³/mol. The molecule has 0 unspecified atom stereocenters. The Kier molecular flexibility index (Phi) is 5.51. The normalized spacial score (nSPS) is 11.8. The number of thiophene rings is 1. The van der Waals surface area contributed by atoms with Gasteiger partial charge in [0, 0.05) is 53.8 Å². The van der Waals surface area contributed by atoms with Crippen molar-refractivity contribution in [2.45, 2.75) is 0 Å². The molecule has 0 saturated heterocycles. The van der Waals surface area contributed by atoms with E-state index in [0.29, 0.717) is 5.56 Å². The van der Waals surface area contributed by atoms with E-state index in [4.69, 9.17) is 0 Å². The fraction of sp³-hybridized carbons (Fsp3) is 0. The van der Waals surface area contributed by atoms with Gasteiger partial charge in [-0.05, 0) is 42.5 Å². The standard InChI is InChI=1S/C43H25N3S/c44-26-27-21-22-32(40(25-27)46-38-19-8-4-13-29(38)30-14-5-9-20-39(30)46)34-16-10-17-35-36-24-23-33-31-15-6-7-18-37(31)45(28-11-2-1-3-12-28)41(33)43(36)47-42(34)35/h1-25H. The first kappa shape index (κ1) is 26.1. The van der Waals surface area contributed by atoms with Crippen LogP contribution in [0, 0.1) is 11.3 Å². The molecule has 0 atom stereocenters. The summed E-state index contributed by atoms with van der Waals surface area (Å²) in [6, 6.07) is 56.3. The summed E-state index contributed by atoms with van der Waals surface area (Å²) in [5.41, 5.74) is 9.78. The Labute approximate surface area is 274 Å². The molecule has 47 heavy (non-hydrogen) atoms. The van der Waals surface area contributed by atoms with E-state index in [1.165, 1.54) is 58.3 Å². The molecule has 10 rings (SSSR count). The number of aromatic nitrogens is 2. The fourth-order valence-electron chi connectivity index (χ4n) is 7.56. The topological polar surface area (TPSA) is 33.6 Å². The van der Waals surface area contributed by atoms with Crippen molar-refractivity contribution in [3.8, 4) is 28.6 Å². The van der Waals surface area contributed by atoms with Crippen molar-refractivity contribution in [1.82, 2.24) is 9.13 Å². The zero-order valence-electron chi connectivity index (χ0n) is 25.2. The van der Waals surface area contributed by atoms with Crippen LogP contribution in [-0.4, -0.2) is 9.13 Å². The molecule has 10 aromatic rings. The maximum atomic E-state index is 10.0. The van der Waals surface area contributed by atoms with Gasteiger partial charge in [-0.25, -0.2) is 0 Å². The van der Waals surface area contributed by atoms with Gasteiger partial charge < -0.3 is 9.13 Å². The summed E-state index contributed by atoms with van der Waals surface area (Å²) in [6.45, 7) is 0. The summed E-state index contributed by atoms with van der Waals surface area (Å²) in [6.07, 6.45) is 0. The molecule has 0 N–H and O–H groups in total. The second-order valence-electron chi connectivity index (χ2n) is 12.0. The Hall–Kier alpha value is -6.15. The number of fused-ring (bicyclic) bond motifs is 10. The summed E-state index contributed by atoms with van der Waals surface area (Å²) in [4.78, 5) is 0. The highest BCUT2D eigenvalue weighted by Gasteiger charge is 2.21. The van der Waals surface area contributed by atoms with Gasteiger partial charge in [0.15, 0.2) is 0 Å². The largest absolute Gasteiger partial charge is 0.309 e. The zero-order valence-corrected chi connectivity index (χ0v) is 26.0. The molecule has 3 aromatic heterocycles. The number of hydrogen-bond acceptors (Lipinski definition) is 2. The molecule has 0 aliphatic carbocycles. The van der Waals surface area contributed by atoms with Crippen LogP contribution >= 0.6 is 11.3 Å². The molecular weight excluding hydrogens is 591 g/mol.